The molecule has 0 heterocycles. The highest BCUT2D eigenvalue weighted by Gasteiger charge is 2.35. The van der Waals surface area contributed by atoms with Crippen molar-refractivity contribution < 1.29 is 4.74 Å². The van der Waals surface area contributed by atoms with Crippen LogP contribution in [0.15, 0.2) is 30.5 Å². The van der Waals surface area contributed by atoms with Gasteiger partial charge in [-0.15, -0.1) is 0 Å². The van der Waals surface area contributed by atoms with E-state index in [0.717, 1.165) is 18.1 Å². The van der Waals surface area contributed by atoms with E-state index >= 15 is 0 Å². The summed E-state index contributed by atoms with van der Waals surface area (Å²) in [5, 5.41) is 3.61. The fourth-order valence-corrected chi connectivity index (χ4v) is 3.53. The number of hydrogen-bond donors (Lipinski definition) is 1. The van der Waals surface area contributed by atoms with Crippen molar-refractivity contribution in [2.24, 2.45) is 5.92 Å². The molecule has 0 aromatic heterocycles. The zero-order valence-electron chi connectivity index (χ0n) is 12.6. The highest BCUT2D eigenvalue weighted by atomic mass is 16.5. The Kier molecular flexibility index (Phi) is 4.00. The lowest BCUT2D eigenvalue weighted by molar-refractivity contribution is 0.358. The van der Waals surface area contributed by atoms with Crippen molar-refractivity contribution in [2.75, 3.05) is 7.11 Å². The first-order valence-electron chi connectivity index (χ1n) is 7.86. The molecule has 2 nitrogen and oxygen atoms in total. The summed E-state index contributed by atoms with van der Waals surface area (Å²) in [6.07, 6.45) is 10.7. The quantitative estimate of drug-likeness (QED) is 0.873. The van der Waals surface area contributed by atoms with E-state index in [1.165, 1.54) is 36.8 Å². The van der Waals surface area contributed by atoms with Gasteiger partial charge in [0.2, 0.25) is 0 Å². The van der Waals surface area contributed by atoms with Crippen LogP contribution in [0, 0.1) is 5.92 Å². The average Bonchev–Trinajstić information content (AvgIpc) is 3.29. The van der Waals surface area contributed by atoms with E-state index < -0.39 is 0 Å². The van der Waals surface area contributed by atoms with Gasteiger partial charge in [0.1, 0.15) is 5.75 Å². The topological polar surface area (TPSA) is 21.3 Å². The molecule has 2 aliphatic rings. The number of fused-ring (bicyclic) bond motifs is 1. The molecule has 0 radical (unpaired) electrons. The molecular formula is C18H25NO. The number of hydrogen-bond acceptors (Lipinski definition) is 2. The number of nitrogens with one attached hydrogen (secondary N) is 1. The summed E-state index contributed by atoms with van der Waals surface area (Å²) in [6, 6.07) is 7.09. The van der Waals surface area contributed by atoms with E-state index in [1.807, 2.05) is 0 Å². The lowest BCUT2D eigenvalue weighted by Crippen LogP contribution is -2.36. The number of allylic oxidation sites excluding steroid dienone is 1. The predicted molar refractivity (Wildman–Crippen MR) is 83.1 cm³/mol. The Morgan fingerprint density at radius 3 is 2.85 bits per heavy atom. The van der Waals surface area contributed by atoms with Crippen LogP contribution in [-0.4, -0.2) is 13.2 Å². The average molecular weight is 271 g/mol. The molecule has 1 aromatic carbocycles. The molecule has 0 spiro atoms. The van der Waals surface area contributed by atoms with Crippen LogP contribution in [0.1, 0.15) is 49.7 Å². The summed E-state index contributed by atoms with van der Waals surface area (Å²) < 4.78 is 5.65. The van der Waals surface area contributed by atoms with E-state index in [4.69, 9.17) is 4.74 Å². The molecule has 2 aliphatic carbocycles. The Labute approximate surface area is 122 Å². The lowest BCUT2D eigenvalue weighted by atomic mass is 9.76. The van der Waals surface area contributed by atoms with Crippen LogP contribution in [0.3, 0.4) is 0 Å². The van der Waals surface area contributed by atoms with E-state index in [-0.39, 0.29) is 0 Å². The molecule has 20 heavy (non-hydrogen) atoms. The molecule has 108 valence electrons. The Balaban J connectivity index is 1.92. The van der Waals surface area contributed by atoms with Crippen molar-refractivity contribution in [1.29, 1.82) is 0 Å². The molecule has 0 saturated heterocycles. The molecule has 2 atom stereocenters. The third-order valence-corrected chi connectivity index (χ3v) is 4.72. The number of rotatable bonds is 5. The first-order valence-corrected chi connectivity index (χ1v) is 7.86. The van der Waals surface area contributed by atoms with Gasteiger partial charge in [-0.2, -0.15) is 0 Å². The first-order chi connectivity index (χ1) is 9.83. The van der Waals surface area contributed by atoms with E-state index in [2.05, 4.69) is 42.7 Å². The Bertz CT molecular complexity index is 476. The summed E-state index contributed by atoms with van der Waals surface area (Å²) in [4.78, 5) is 0. The summed E-state index contributed by atoms with van der Waals surface area (Å²) in [7, 11) is 1.80. The van der Waals surface area contributed by atoms with Gasteiger partial charge in [-0.3, -0.25) is 0 Å². The van der Waals surface area contributed by atoms with E-state index in [1.54, 1.807) is 7.11 Å². The van der Waals surface area contributed by atoms with Crippen molar-refractivity contribution in [3.05, 3.63) is 41.6 Å². The lowest BCUT2D eigenvalue weighted by Gasteiger charge is -2.35. The van der Waals surface area contributed by atoms with Gasteiger partial charge in [-0.1, -0.05) is 31.1 Å². The number of benzene rings is 1. The SMILES string of the molecule is C/C=C\N[C@@H]1CCc2cccc(OC)c2[C@@H]1CC1CC1. The smallest absolute Gasteiger partial charge is 0.122 e. The van der Waals surface area contributed by atoms with Crippen LogP contribution in [0.25, 0.3) is 0 Å². The zero-order chi connectivity index (χ0) is 13.9. The number of aryl methyl sites for hydroxylation is 1. The zero-order valence-corrected chi connectivity index (χ0v) is 12.6. The van der Waals surface area contributed by atoms with Crippen molar-refractivity contribution in [3.63, 3.8) is 0 Å². The molecule has 2 heteroatoms. The van der Waals surface area contributed by atoms with Crippen molar-refractivity contribution >= 4 is 0 Å². The molecule has 1 fully saturated rings. The minimum absolute atomic E-state index is 0.551. The van der Waals surface area contributed by atoms with E-state index in [9.17, 15) is 0 Å². The van der Waals surface area contributed by atoms with Crippen LogP contribution in [0.4, 0.5) is 0 Å². The number of methoxy groups -OCH3 is 1. The van der Waals surface area contributed by atoms with Gasteiger partial charge in [-0.05, 0) is 49.9 Å². The second-order valence-corrected chi connectivity index (χ2v) is 6.13. The Morgan fingerprint density at radius 1 is 1.30 bits per heavy atom. The molecule has 0 amide bonds. The maximum Gasteiger partial charge on any atom is 0.122 e. The molecule has 1 N–H and O–H groups in total. The summed E-state index contributed by atoms with van der Waals surface area (Å²) in [5.41, 5.74) is 2.96. The predicted octanol–water partition coefficient (Wildman–Crippen LogP) is 4.02. The van der Waals surface area contributed by atoms with Crippen LogP contribution in [0.2, 0.25) is 0 Å². The van der Waals surface area contributed by atoms with Gasteiger partial charge in [-0.25, -0.2) is 0 Å². The maximum absolute atomic E-state index is 5.65. The largest absolute Gasteiger partial charge is 0.496 e. The first kappa shape index (κ1) is 13.5. The van der Waals surface area contributed by atoms with Gasteiger partial charge in [0.15, 0.2) is 0 Å². The second kappa shape index (κ2) is 5.90. The molecule has 1 saturated carbocycles. The van der Waals surface area contributed by atoms with Crippen LogP contribution in [0.5, 0.6) is 5.75 Å². The molecule has 0 unspecified atom stereocenters. The Hall–Kier alpha value is -1.44. The fourth-order valence-electron chi connectivity index (χ4n) is 3.53. The van der Waals surface area contributed by atoms with Crippen molar-refractivity contribution in [2.45, 2.75) is 51.0 Å². The third-order valence-electron chi connectivity index (χ3n) is 4.72. The van der Waals surface area contributed by atoms with Crippen molar-refractivity contribution in [3.8, 4) is 5.75 Å². The van der Waals surface area contributed by atoms with Gasteiger partial charge >= 0.3 is 0 Å². The minimum Gasteiger partial charge on any atom is -0.496 e. The monoisotopic (exact) mass is 271 g/mol. The van der Waals surface area contributed by atoms with Crippen LogP contribution >= 0.6 is 0 Å². The summed E-state index contributed by atoms with van der Waals surface area (Å²) in [5.74, 6) is 2.62. The third kappa shape index (κ3) is 2.70. The van der Waals surface area contributed by atoms with E-state index in [0.29, 0.717) is 12.0 Å². The number of ether oxygens (including phenoxy) is 1. The van der Waals surface area contributed by atoms with Crippen LogP contribution in [-0.2, 0) is 6.42 Å². The van der Waals surface area contributed by atoms with Gasteiger partial charge in [0.05, 0.1) is 7.11 Å². The molecule has 0 bridgehead atoms. The van der Waals surface area contributed by atoms with Crippen LogP contribution < -0.4 is 10.1 Å². The van der Waals surface area contributed by atoms with Gasteiger partial charge in [0, 0.05) is 17.5 Å². The second-order valence-electron chi connectivity index (χ2n) is 6.13. The highest BCUT2D eigenvalue weighted by Crippen LogP contribution is 2.46. The highest BCUT2D eigenvalue weighted by molar-refractivity contribution is 5.45. The molecule has 0 aliphatic heterocycles. The summed E-state index contributed by atoms with van der Waals surface area (Å²) >= 11 is 0. The van der Waals surface area contributed by atoms with Crippen molar-refractivity contribution in [1.82, 2.24) is 5.32 Å². The molecule has 3 rings (SSSR count). The normalized spacial score (nSPS) is 25.5. The minimum atomic E-state index is 0.551. The molecule has 1 aromatic rings. The standard InChI is InChI=1S/C18H25NO/c1-3-11-19-16-10-9-14-5-4-6-17(20-2)18(14)15(16)12-13-7-8-13/h3-6,11,13,15-16,19H,7-10,12H2,1-2H3/b11-3-/t15-,16-/m1/s1. The Morgan fingerprint density at radius 2 is 2.15 bits per heavy atom. The fraction of sp³-hybridized carbons (Fsp3) is 0.556. The summed E-state index contributed by atoms with van der Waals surface area (Å²) in [6.45, 7) is 2.07. The van der Waals surface area contributed by atoms with Gasteiger partial charge in [0.25, 0.3) is 0 Å². The van der Waals surface area contributed by atoms with Gasteiger partial charge < -0.3 is 10.1 Å². The maximum atomic E-state index is 5.65. The molecular weight excluding hydrogens is 246 g/mol.